The van der Waals surface area contributed by atoms with Crippen molar-refractivity contribution in [3.8, 4) is 0 Å². The first-order valence-corrected chi connectivity index (χ1v) is 11.2. The molecule has 1 saturated heterocycles. The fraction of sp³-hybridized carbons (Fsp3) is 0.370. The third kappa shape index (κ3) is 5.39. The number of ketones is 1. The number of carbonyl (C=O) groups is 3. The summed E-state index contributed by atoms with van der Waals surface area (Å²) in [5.41, 5.74) is 4.41. The second kappa shape index (κ2) is 10.5. The highest BCUT2D eigenvalue weighted by Gasteiger charge is 2.26. The van der Waals surface area contributed by atoms with Gasteiger partial charge in [0.15, 0.2) is 6.29 Å². The Balaban J connectivity index is 1.75. The van der Waals surface area contributed by atoms with Crippen molar-refractivity contribution in [2.45, 2.75) is 46.5 Å². The van der Waals surface area contributed by atoms with Gasteiger partial charge in [0.2, 0.25) is 5.78 Å². The molecule has 1 amide bonds. The summed E-state index contributed by atoms with van der Waals surface area (Å²) < 4.78 is 13.1. The topological polar surface area (TPSA) is 54.5 Å². The first-order chi connectivity index (χ1) is 15.3. The predicted molar refractivity (Wildman–Crippen MR) is 124 cm³/mol. The lowest BCUT2D eigenvalue weighted by molar-refractivity contribution is -0.126. The minimum Gasteiger partial charge on any atom is -0.339 e. The largest absolute Gasteiger partial charge is 0.339 e. The summed E-state index contributed by atoms with van der Waals surface area (Å²) in [6.07, 6.45) is 5.36. The molecule has 2 aromatic carbocycles. The number of Topliss-reactive ketones (excluding diaryl/α,β-unsaturated/α-hetero) is 1. The number of carbonyl (C=O) groups excluding carboxylic acids is 3. The molecule has 0 aliphatic carbocycles. The number of piperidine rings is 1. The van der Waals surface area contributed by atoms with E-state index in [0.29, 0.717) is 48.4 Å². The van der Waals surface area contributed by atoms with Crippen molar-refractivity contribution < 1.29 is 18.8 Å². The van der Waals surface area contributed by atoms with E-state index >= 15 is 0 Å². The van der Waals surface area contributed by atoms with Gasteiger partial charge in [-0.2, -0.15) is 0 Å². The Morgan fingerprint density at radius 2 is 1.66 bits per heavy atom. The molecule has 0 aromatic heterocycles. The standard InChI is InChI=1S/C27H30FNO3/c1-4-5-23(26(31)17-30)24-16-25(19(3)14-18(24)2)27(32)29-12-10-21(11-13-29)15-20-6-8-22(28)9-7-20/h5-9,14,16-17,21H,4,10-13,15H2,1-3H3/b23-5+. The molecular weight excluding hydrogens is 405 g/mol. The average Bonchev–Trinajstić information content (AvgIpc) is 2.79. The molecule has 1 aliphatic heterocycles. The Labute approximate surface area is 189 Å². The van der Waals surface area contributed by atoms with Crippen LogP contribution in [-0.4, -0.2) is 36.0 Å². The van der Waals surface area contributed by atoms with Crippen LogP contribution in [0.1, 0.15) is 58.8 Å². The third-order valence-corrected chi connectivity index (χ3v) is 6.21. The Bertz CT molecular complexity index is 1030. The van der Waals surface area contributed by atoms with Crippen LogP contribution in [0.2, 0.25) is 0 Å². The number of benzene rings is 2. The number of hydrogen-bond donors (Lipinski definition) is 0. The van der Waals surface area contributed by atoms with Crippen LogP contribution in [-0.2, 0) is 16.0 Å². The quantitative estimate of drug-likeness (QED) is 0.345. The SMILES string of the molecule is CC/C=C(/C(=O)C=O)c1cc(C(=O)N2CCC(Cc3ccc(F)cc3)CC2)c(C)cc1C. The van der Waals surface area contributed by atoms with Crippen molar-refractivity contribution in [3.63, 3.8) is 0 Å². The highest BCUT2D eigenvalue weighted by molar-refractivity contribution is 6.46. The van der Waals surface area contributed by atoms with E-state index in [1.54, 1.807) is 12.1 Å². The van der Waals surface area contributed by atoms with Crippen molar-refractivity contribution >= 4 is 23.5 Å². The van der Waals surface area contributed by atoms with Crippen LogP contribution >= 0.6 is 0 Å². The molecule has 32 heavy (non-hydrogen) atoms. The summed E-state index contributed by atoms with van der Waals surface area (Å²) in [7, 11) is 0. The second-order valence-corrected chi connectivity index (χ2v) is 8.56. The first kappa shape index (κ1) is 23.6. The van der Waals surface area contributed by atoms with E-state index in [0.717, 1.165) is 36.0 Å². The molecule has 0 unspecified atom stereocenters. The van der Waals surface area contributed by atoms with Crippen LogP contribution in [0.5, 0.6) is 0 Å². The van der Waals surface area contributed by atoms with E-state index < -0.39 is 5.78 Å². The summed E-state index contributed by atoms with van der Waals surface area (Å²) in [5.74, 6) is -0.380. The van der Waals surface area contributed by atoms with Crippen LogP contribution in [0, 0.1) is 25.6 Å². The van der Waals surface area contributed by atoms with Crippen molar-refractivity contribution in [3.05, 3.63) is 76.1 Å². The summed E-state index contributed by atoms with van der Waals surface area (Å²) in [4.78, 5) is 38.5. The second-order valence-electron chi connectivity index (χ2n) is 8.56. The van der Waals surface area contributed by atoms with Crippen LogP contribution in [0.25, 0.3) is 5.57 Å². The maximum Gasteiger partial charge on any atom is 0.254 e. The maximum atomic E-state index is 13.3. The Kier molecular flexibility index (Phi) is 7.73. The van der Waals surface area contributed by atoms with Crippen LogP contribution < -0.4 is 0 Å². The van der Waals surface area contributed by atoms with Gasteiger partial charge in [0.05, 0.1) is 0 Å². The molecule has 5 heteroatoms. The number of allylic oxidation sites excluding steroid dienone is 2. The number of aldehydes is 1. The molecule has 0 N–H and O–H groups in total. The van der Waals surface area contributed by atoms with E-state index in [-0.39, 0.29) is 11.7 Å². The number of rotatable bonds is 7. The van der Waals surface area contributed by atoms with E-state index in [9.17, 15) is 18.8 Å². The zero-order valence-electron chi connectivity index (χ0n) is 19.0. The summed E-state index contributed by atoms with van der Waals surface area (Å²) in [6.45, 7) is 7.02. The molecule has 2 aromatic rings. The molecular formula is C27H30FNO3. The fourth-order valence-electron chi connectivity index (χ4n) is 4.45. The van der Waals surface area contributed by atoms with E-state index in [2.05, 4.69) is 0 Å². The molecule has 0 bridgehead atoms. The van der Waals surface area contributed by atoms with Gasteiger partial charge in [-0.3, -0.25) is 14.4 Å². The Hall–Kier alpha value is -3.08. The van der Waals surface area contributed by atoms with Gasteiger partial charge >= 0.3 is 0 Å². The monoisotopic (exact) mass is 435 g/mol. The Morgan fingerprint density at radius 3 is 2.25 bits per heavy atom. The molecule has 0 atom stereocenters. The van der Waals surface area contributed by atoms with Gasteiger partial charge in [-0.05, 0) is 85.9 Å². The fourth-order valence-corrected chi connectivity index (χ4v) is 4.45. The van der Waals surface area contributed by atoms with Crippen LogP contribution in [0.4, 0.5) is 4.39 Å². The lowest BCUT2D eigenvalue weighted by Gasteiger charge is -2.32. The molecule has 1 heterocycles. The van der Waals surface area contributed by atoms with Crippen molar-refractivity contribution in [1.82, 2.24) is 4.90 Å². The van der Waals surface area contributed by atoms with E-state index in [4.69, 9.17) is 0 Å². The van der Waals surface area contributed by atoms with Crippen molar-refractivity contribution in [2.75, 3.05) is 13.1 Å². The van der Waals surface area contributed by atoms with Crippen LogP contribution in [0.3, 0.4) is 0 Å². The van der Waals surface area contributed by atoms with Gasteiger partial charge in [0.25, 0.3) is 5.91 Å². The lowest BCUT2D eigenvalue weighted by Crippen LogP contribution is -2.39. The smallest absolute Gasteiger partial charge is 0.254 e. The number of hydrogen-bond acceptors (Lipinski definition) is 3. The highest BCUT2D eigenvalue weighted by atomic mass is 19.1. The molecule has 0 spiro atoms. The predicted octanol–water partition coefficient (Wildman–Crippen LogP) is 5.10. The number of amides is 1. The number of aryl methyl sites for hydroxylation is 2. The number of likely N-dealkylation sites (tertiary alicyclic amines) is 1. The minimum atomic E-state index is -0.571. The van der Waals surface area contributed by atoms with Gasteiger partial charge in [0, 0.05) is 24.2 Å². The zero-order chi connectivity index (χ0) is 23.3. The summed E-state index contributed by atoms with van der Waals surface area (Å²) in [5, 5.41) is 0. The normalized spacial score (nSPS) is 15.0. The highest BCUT2D eigenvalue weighted by Crippen LogP contribution is 2.27. The van der Waals surface area contributed by atoms with Crippen LogP contribution in [0.15, 0.2) is 42.5 Å². The maximum absolute atomic E-state index is 13.3. The minimum absolute atomic E-state index is 0.0432. The molecule has 1 fully saturated rings. The first-order valence-electron chi connectivity index (χ1n) is 11.2. The van der Waals surface area contributed by atoms with Gasteiger partial charge < -0.3 is 4.90 Å². The Morgan fingerprint density at radius 1 is 1.03 bits per heavy atom. The van der Waals surface area contributed by atoms with Gasteiger partial charge in [-0.15, -0.1) is 0 Å². The summed E-state index contributed by atoms with van der Waals surface area (Å²) >= 11 is 0. The number of nitrogens with zero attached hydrogens (tertiary/aromatic N) is 1. The van der Waals surface area contributed by atoms with Crippen molar-refractivity contribution in [2.24, 2.45) is 5.92 Å². The molecule has 3 rings (SSSR count). The average molecular weight is 436 g/mol. The van der Waals surface area contributed by atoms with E-state index in [1.807, 2.05) is 43.9 Å². The zero-order valence-corrected chi connectivity index (χ0v) is 19.0. The van der Waals surface area contributed by atoms with Gasteiger partial charge in [0.1, 0.15) is 5.82 Å². The lowest BCUT2D eigenvalue weighted by atomic mass is 9.89. The number of halogens is 1. The summed E-state index contributed by atoms with van der Waals surface area (Å²) in [6, 6.07) is 10.3. The van der Waals surface area contributed by atoms with Gasteiger partial charge in [-0.25, -0.2) is 4.39 Å². The van der Waals surface area contributed by atoms with Crippen molar-refractivity contribution in [1.29, 1.82) is 0 Å². The molecule has 0 saturated carbocycles. The molecule has 4 nitrogen and oxygen atoms in total. The third-order valence-electron chi connectivity index (χ3n) is 6.21. The molecule has 1 aliphatic rings. The van der Waals surface area contributed by atoms with Gasteiger partial charge in [-0.1, -0.05) is 31.2 Å². The molecule has 0 radical (unpaired) electrons. The van der Waals surface area contributed by atoms with E-state index in [1.165, 1.54) is 12.1 Å². The molecule has 168 valence electrons.